The molecular weight excluding hydrogens is 178 g/mol. The molecule has 0 aliphatic rings. The van der Waals surface area contributed by atoms with Crippen molar-refractivity contribution in [3.05, 3.63) is 11.3 Å². The van der Waals surface area contributed by atoms with Gasteiger partial charge in [0.25, 0.3) is 0 Å². The molecule has 0 spiro atoms. The minimum absolute atomic E-state index is 0.152. The van der Waals surface area contributed by atoms with Gasteiger partial charge in [-0.1, -0.05) is 19.8 Å². The maximum atomic E-state index is 8.79. The molecule has 0 saturated heterocycles. The van der Waals surface area contributed by atoms with Crippen LogP contribution in [0.1, 0.15) is 37.4 Å². The Hall–Kier alpha value is -1.70. The SMILES string of the molecule is CCCCCc1n[nH]c(N=[N])c1C#N. The average Bonchev–Trinajstić information content (AvgIpc) is 2.60. The minimum atomic E-state index is 0.152. The lowest BCUT2D eigenvalue weighted by Gasteiger charge is -1.94. The highest BCUT2D eigenvalue weighted by atomic mass is 15.2. The Morgan fingerprint density at radius 1 is 1.50 bits per heavy atom. The fourth-order valence-corrected chi connectivity index (χ4v) is 1.28. The maximum absolute atomic E-state index is 8.79. The lowest BCUT2D eigenvalue weighted by atomic mass is 10.1. The lowest BCUT2D eigenvalue weighted by molar-refractivity contribution is 0.704. The molecule has 0 aliphatic heterocycles. The first kappa shape index (κ1) is 10.4. The maximum Gasteiger partial charge on any atom is 0.190 e. The van der Waals surface area contributed by atoms with Crippen molar-refractivity contribution >= 4 is 5.82 Å². The van der Waals surface area contributed by atoms with Crippen LogP contribution >= 0.6 is 0 Å². The zero-order chi connectivity index (χ0) is 10.4. The van der Waals surface area contributed by atoms with Crippen molar-refractivity contribution in [2.75, 3.05) is 0 Å². The molecule has 1 rings (SSSR count). The summed E-state index contributed by atoms with van der Waals surface area (Å²) in [5.41, 5.74) is 9.58. The molecule has 0 amide bonds. The number of nitrogens with one attached hydrogen (secondary N) is 1. The van der Waals surface area contributed by atoms with Gasteiger partial charge in [-0.15, -0.1) is 5.11 Å². The molecule has 73 valence electrons. The summed E-state index contributed by atoms with van der Waals surface area (Å²) < 4.78 is 0. The van der Waals surface area contributed by atoms with E-state index in [0.29, 0.717) is 11.3 Å². The highest BCUT2D eigenvalue weighted by Crippen LogP contribution is 2.19. The largest absolute Gasteiger partial charge is 0.258 e. The second-order valence-electron chi connectivity index (χ2n) is 3.06. The number of nitrogens with zero attached hydrogens (tertiary/aromatic N) is 4. The van der Waals surface area contributed by atoms with Gasteiger partial charge in [0.05, 0.1) is 5.69 Å². The van der Waals surface area contributed by atoms with E-state index in [1.54, 1.807) is 0 Å². The Morgan fingerprint density at radius 3 is 2.86 bits per heavy atom. The van der Waals surface area contributed by atoms with Crippen molar-refractivity contribution in [1.29, 1.82) is 5.26 Å². The molecule has 1 aromatic rings. The molecule has 0 aromatic carbocycles. The number of aromatic nitrogens is 2. The fraction of sp³-hybridized carbons (Fsp3) is 0.556. The number of aromatic amines is 1. The van der Waals surface area contributed by atoms with Gasteiger partial charge in [-0.2, -0.15) is 10.4 Å². The number of unbranched alkanes of at least 4 members (excludes halogenated alkanes) is 2. The van der Waals surface area contributed by atoms with Crippen molar-refractivity contribution in [3.63, 3.8) is 0 Å². The number of aryl methyl sites for hydroxylation is 1. The minimum Gasteiger partial charge on any atom is -0.258 e. The van der Waals surface area contributed by atoms with Crippen molar-refractivity contribution in [1.82, 2.24) is 15.7 Å². The van der Waals surface area contributed by atoms with Crippen LogP contribution in [0.15, 0.2) is 5.11 Å². The van der Waals surface area contributed by atoms with Crippen LogP contribution in [0.5, 0.6) is 0 Å². The number of H-pyrrole nitrogens is 1. The molecule has 5 heteroatoms. The summed E-state index contributed by atoms with van der Waals surface area (Å²) in [6.45, 7) is 2.12. The Kier molecular flexibility index (Phi) is 3.80. The lowest BCUT2D eigenvalue weighted by Crippen LogP contribution is -1.88. The van der Waals surface area contributed by atoms with Crippen LogP contribution in [-0.4, -0.2) is 10.2 Å². The smallest absolute Gasteiger partial charge is 0.190 e. The first-order valence-corrected chi connectivity index (χ1v) is 4.66. The van der Waals surface area contributed by atoms with Gasteiger partial charge in [0.1, 0.15) is 11.6 Å². The molecule has 14 heavy (non-hydrogen) atoms. The van der Waals surface area contributed by atoms with E-state index < -0.39 is 0 Å². The second-order valence-corrected chi connectivity index (χ2v) is 3.06. The standard InChI is InChI=1S/C9H12N5/c1-2-3-4-5-8-7(6-10)9(12-11)14-13-8/h2-5H2,1H3,(H,13,14). The molecule has 0 fully saturated rings. The molecular formula is C9H12N5. The van der Waals surface area contributed by atoms with Crippen LogP contribution in [0.3, 0.4) is 0 Å². The van der Waals surface area contributed by atoms with Crippen LogP contribution < -0.4 is 5.53 Å². The van der Waals surface area contributed by atoms with E-state index in [1.165, 1.54) is 0 Å². The third-order valence-corrected chi connectivity index (χ3v) is 2.05. The molecule has 0 bridgehead atoms. The van der Waals surface area contributed by atoms with Crippen LogP contribution in [0.4, 0.5) is 5.82 Å². The summed E-state index contributed by atoms with van der Waals surface area (Å²) in [7, 11) is 0. The summed E-state index contributed by atoms with van der Waals surface area (Å²) in [4.78, 5) is 0. The average molecular weight is 190 g/mol. The number of hydrogen-bond donors (Lipinski definition) is 1. The molecule has 0 unspecified atom stereocenters. The third-order valence-electron chi connectivity index (χ3n) is 2.05. The van der Waals surface area contributed by atoms with Gasteiger partial charge >= 0.3 is 0 Å². The Labute approximate surface area is 82.6 Å². The third kappa shape index (κ3) is 2.16. The Morgan fingerprint density at radius 2 is 2.29 bits per heavy atom. The monoisotopic (exact) mass is 190 g/mol. The van der Waals surface area contributed by atoms with Crippen molar-refractivity contribution in [2.24, 2.45) is 5.11 Å². The molecule has 1 radical (unpaired) electrons. The predicted octanol–water partition coefficient (Wildman–Crippen LogP) is 1.90. The molecule has 1 heterocycles. The van der Waals surface area contributed by atoms with Crippen LogP contribution in [-0.2, 0) is 6.42 Å². The predicted molar refractivity (Wildman–Crippen MR) is 50.8 cm³/mol. The summed E-state index contributed by atoms with van der Waals surface area (Å²) in [5, 5.41) is 18.2. The first-order chi connectivity index (χ1) is 6.83. The molecule has 0 aliphatic carbocycles. The normalized spacial score (nSPS) is 9.71. The molecule has 5 nitrogen and oxygen atoms in total. The van der Waals surface area contributed by atoms with Gasteiger partial charge in [-0.25, -0.2) is 0 Å². The number of rotatable bonds is 5. The Bertz CT molecular complexity index is 347. The van der Waals surface area contributed by atoms with Crippen molar-refractivity contribution < 1.29 is 0 Å². The zero-order valence-electron chi connectivity index (χ0n) is 8.12. The summed E-state index contributed by atoms with van der Waals surface area (Å²) in [6.07, 6.45) is 4.00. The fourth-order valence-electron chi connectivity index (χ4n) is 1.28. The van der Waals surface area contributed by atoms with Crippen LogP contribution in [0, 0.1) is 11.3 Å². The van der Waals surface area contributed by atoms with E-state index in [4.69, 9.17) is 10.8 Å². The van der Waals surface area contributed by atoms with E-state index in [-0.39, 0.29) is 5.82 Å². The van der Waals surface area contributed by atoms with E-state index in [1.807, 2.05) is 6.07 Å². The van der Waals surface area contributed by atoms with Gasteiger partial charge < -0.3 is 0 Å². The second kappa shape index (κ2) is 5.12. The zero-order valence-corrected chi connectivity index (χ0v) is 8.12. The highest BCUT2D eigenvalue weighted by molar-refractivity contribution is 5.49. The molecule has 1 aromatic heterocycles. The van der Waals surface area contributed by atoms with Crippen LogP contribution in [0.25, 0.3) is 0 Å². The summed E-state index contributed by atoms with van der Waals surface area (Å²) in [5.74, 6) is 0.152. The topological polar surface area (TPSA) is 87.1 Å². The van der Waals surface area contributed by atoms with Gasteiger partial charge in [-0.3, -0.25) is 5.10 Å². The molecule has 0 atom stereocenters. The van der Waals surface area contributed by atoms with Gasteiger partial charge in [0, 0.05) is 0 Å². The molecule has 0 saturated carbocycles. The summed E-state index contributed by atoms with van der Waals surface area (Å²) >= 11 is 0. The van der Waals surface area contributed by atoms with E-state index in [0.717, 1.165) is 25.7 Å². The summed E-state index contributed by atoms with van der Waals surface area (Å²) in [6, 6.07) is 1.97. The van der Waals surface area contributed by atoms with Gasteiger partial charge in [0.2, 0.25) is 0 Å². The molecule has 1 N–H and O–H groups in total. The van der Waals surface area contributed by atoms with E-state index >= 15 is 0 Å². The number of hydrogen-bond acceptors (Lipinski definition) is 3. The quantitative estimate of drug-likeness (QED) is 0.567. The number of nitriles is 1. The van der Waals surface area contributed by atoms with Gasteiger partial charge in [0.15, 0.2) is 5.82 Å². The van der Waals surface area contributed by atoms with Gasteiger partial charge in [-0.05, 0) is 18.4 Å². The van der Waals surface area contributed by atoms with Crippen molar-refractivity contribution in [2.45, 2.75) is 32.6 Å². The highest BCUT2D eigenvalue weighted by Gasteiger charge is 2.11. The first-order valence-electron chi connectivity index (χ1n) is 4.66. The Balaban J connectivity index is 2.72. The van der Waals surface area contributed by atoms with Crippen LogP contribution in [0.2, 0.25) is 0 Å². The van der Waals surface area contributed by atoms with E-state index in [9.17, 15) is 0 Å². The van der Waals surface area contributed by atoms with Crippen molar-refractivity contribution in [3.8, 4) is 6.07 Å². The van der Waals surface area contributed by atoms with E-state index in [2.05, 4.69) is 22.2 Å².